The van der Waals surface area contributed by atoms with E-state index in [1.165, 1.54) is 55.0 Å². The quantitative estimate of drug-likeness (QED) is 0.586. The average Bonchev–Trinajstić information content (AvgIpc) is 2.62. The van der Waals surface area contributed by atoms with Crippen LogP contribution in [0.15, 0.2) is 48.8 Å². The lowest BCUT2D eigenvalue weighted by Crippen LogP contribution is -2.69. The van der Waals surface area contributed by atoms with Crippen molar-refractivity contribution in [2.45, 2.75) is 18.8 Å². The van der Waals surface area contributed by atoms with Crippen LogP contribution in [-0.4, -0.2) is 40.5 Å². The summed E-state index contributed by atoms with van der Waals surface area (Å²) < 4.78 is 50.9. The normalized spacial score (nSPS) is 13.2. The van der Waals surface area contributed by atoms with Gasteiger partial charge in [0.15, 0.2) is 0 Å². The number of aromatic nitrogens is 2. The molecule has 2 amide bonds. The maximum absolute atomic E-state index is 13.8. The number of carbonyl (C=O) groups is 2. The van der Waals surface area contributed by atoms with Gasteiger partial charge in [0.2, 0.25) is 5.95 Å². The molecule has 11 heteroatoms. The highest BCUT2D eigenvalue weighted by Gasteiger charge is 2.66. The molecule has 0 aliphatic carbocycles. The minimum atomic E-state index is -5.34. The van der Waals surface area contributed by atoms with Crippen LogP contribution in [0.25, 0.3) is 0 Å². The van der Waals surface area contributed by atoms with Crippen LogP contribution in [0.4, 0.5) is 23.9 Å². The van der Waals surface area contributed by atoms with Crippen molar-refractivity contribution in [1.29, 1.82) is 0 Å². The Balaban J connectivity index is 2.37. The van der Waals surface area contributed by atoms with Crippen molar-refractivity contribution in [2.75, 3.05) is 11.9 Å². The summed E-state index contributed by atoms with van der Waals surface area (Å²) in [5, 5.41) is 3.49. The number of nitrogens with one attached hydrogen (secondary N) is 2. The monoisotopic (exact) mass is 384 g/mol. The van der Waals surface area contributed by atoms with Crippen molar-refractivity contribution in [2.24, 2.45) is 0 Å². The average molecular weight is 384 g/mol. The first-order chi connectivity index (χ1) is 12.8. The Morgan fingerprint density at radius 1 is 1.07 bits per heavy atom. The molecular weight excluding hydrogens is 369 g/mol. The van der Waals surface area contributed by atoms with E-state index in [9.17, 15) is 22.8 Å². The molecule has 0 saturated heterocycles. The molecule has 2 N–H and O–H groups in total. The zero-order chi connectivity index (χ0) is 19.9. The molecule has 0 saturated carbocycles. The van der Waals surface area contributed by atoms with Crippen LogP contribution in [0.1, 0.15) is 6.92 Å². The second-order valence-electron chi connectivity index (χ2n) is 4.97. The summed E-state index contributed by atoms with van der Waals surface area (Å²) in [6.45, 7) is 0.958. The molecule has 0 unspecified atom stereocenters. The van der Waals surface area contributed by atoms with Gasteiger partial charge in [-0.05, 0) is 25.1 Å². The number of hydrogen-bond acceptors (Lipinski definition) is 6. The summed E-state index contributed by atoms with van der Waals surface area (Å²) in [6.07, 6.45) is -2.80. The number of carbonyl (C=O) groups excluding carboxylic acids is 2. The number of urea groups is 1. The number of esters is 1. The molecule has 0 aliphatic heterocycles. The standard InChI is InChI=1S/C16H15F3N4O4/c1-2-26-12(24)15(16(17,18)19,27-11-7-4-3-5-8-11)23-14(25)22-13-20-9-6-10-21-13/h3-10H,2H2,1H3,(H2,20,21,22,23,25)/t15-/m1/s1. The predicted octanol–water partition coefficient (Wildman–Crippen LogP) is 2.50. The molecular formula is C16H15F3N4O4. The number of anilines is 1. The summed E-state index contributed by atoms with van der Waals surface area (Å²) in [6, 6.07) is 6.76. The van der Waals surface area contributed by atoms with Crippen molar-refractivity contribution in [3.63, 3.8) is 0 Å². The van der Waals surface area contributed by atoms with E-state index in [0.717, 1.165) is 0 Å². The third-order valence-corrected chi connectivity index (χ3v) is 3.06. The predicted molar refractivity (Wildman–Crippen MR) is 86.7 cm³/mol. The highest BCUT2D eigenvalue weighted by Crippen LogP contribution is 2.34. The fourth-order valence-corrected chi connectivity index (χ4v) is 1.92. The van der Waals surface area contributed by atoms with Crippen LogP contribution < -0.4 is 15.4 Å². The van der Waals surface area contributed by atoms with Gasteiger partial charge in [0.1, 0.15) is 5.75 Å². The lowest BCUT2D eigenvalue weighted by Gasteiger charge is -2.33. The Kier molecular flexibility index (Phi) is 6.16. The number of nitrogens with zero attached hydrogens (tertiary/aromatic N) is 2. The lowest BCUT2D eigenvalue weighted by atomic mass is 10.2. The molecule has 1 heterocycles. The minimum Gasteiger partial charge on any atom is -0.461 e. The van der Waals surface area contributed by atoms with Gasteiger partial charge in [0, 0.05) is 12.4 Å². The molecule has 8 nitrogen and oxygen atoms in total. The molecule has 2 aromatic rings. The number of para-hydroxylation sites is 1. The number of alkyl halides is 3. The van der Waals surface area contributed by atoms with Crippen molar-refractivity contribution >= 4 is 17.9 Å². The molecule has 0 aliphatic rings. The molecule has 0 spiro atoms. The first kappa shape index (κ1) is 19.9. The third kappa shape index (κ3) is 4.84. The molecule has 1 aromatic heterocycles. The van der Waals surface area contributed by atoms with Crippen LogP contribution in [0, 0.1) is 0 Å². The van der Waals surface area contributed by atoms with E-state index in [4.69, 9.17) is 4.74 Å². The Labute approximate surface area is 151 Å². The summed E-state index contributed by atoms with van der Waals surface area (Å²) in [5.74, 6) is -2.40. The van der Waals surface area contributed by atoms with Crippen molar-refractivity contribution in [3.05, 3.63) is 48.8 Å². The van der Waals surface area contributed by atoms with E-state index in [-0.39, 0.29) is 18.3 Å². The van der Waals surface area contributed by atoms with Gasteiger partial charge < -0.3 is 9.47 Å². The SMILES string of the molecule is CCOC(=O)[C@@](NC(=O)Nc1ncccn1)(Oc1ccccc1)C(F)(F)F. The van der Waals surface area contributed by atoms with E-state index < -0.39 is 23.9 Å². The molecule has 0 radical (unpaired) electrons. The zero-order valence-electron chi connectivity index (χ0n) is 14.0. The lowest BCUT2D eigenvalue weighted by molar-refractivity contribution is -0.259. The summed E-state index contributed by atoms with van der Waals surface area (Å²) >= 11 is 0. The molecule has 2 rings (SSSR count). The van der Waals surface area contributed by atoms with Crippen LogP contribution in [0.2, 0.25) is 0 Å². The summed E-state index contributed by atoms with van der Waals surface area (Å²) in [4.78, 5) is 31.6. The second kappa shape index (κ2) is 8.34. The first-order valence-corrected chi connectivity index (χ1v) is 7.62. The van der Waals surface area contributed by atoms with Crippen molar-refractivity contribution in [1.82, 2.24) is 15.3 Å². The molecule has 0 bridgehead atoms. The number of rotatable bonds is 6. The van der Waals surface area contributed by atoms with Crippen LogP contribution in [-0.2, 0) is 9.53 Å². The van der Waals surface area contributed by atoms with Gasteiger partial charge in [-0.3, -0.25) is 10.6 Å². The maximum Gasteiger partial charge on any atom is 0.460 e. The number of benzene rings is 1. The van der Waals surface area contributed by atoms with E-state index >= 15 is 0 Å². The number of hydrogen-bond donors (Lipinski definition) is 2. The van der Waals surface area contributed by atoms with Crippen LogP contribution in [0.5, 0.6) is 5.75 Å². The summed E-state index contributed by atoms with van der Waals surface area (Å²) in [5.41, 5.74) is -3.77. The van der Waals surface area contributed by atoms with Crippen molar-refractivity contribution in [3.8, 4) is 5.75 Å². The topological polar surface area (TPSA) is 102 Å². The van der Waals surface area contributed by atoms with E-state index in [1.54, 1.807) is 6.07 Å². The van der Waals surface area contributed by atoms with Gasteiger partial charge in [0.25, 0.3) is 0 Å². The number of ether oxygens (including phenoxy) is 2. The number of amides is 2. The second-order valence-corrected chi connectivity index (χ2v) is 4.97. The third-order valence-electron chi connectivity index (χ3n) is 3.06. The Morgan fingerprint density at radius 2 is 1.70 bits per heavy atom. The highest BCUT2D eigenvalue weighted by molar-refractivity contribution is 5.93. The Morgan fingerprint density at radius 3 is 2.26 bits per heavy atom. The fourth-order valence-electron chi connectivity index (χ4n) is 1.92. The first-order valence-electron chi connectivity index (χ1n) is 7.62. The van der Waals surface area contributed by atoms with Gasteiger partial charge in [-0.25, -0.2) is 19.6 Å². The smallest absolute Gasteiger partial charge is 0.460 e. The van der Waals surface area contributed by atoms with Gasteiger partial charge in [0.05, 0.1) is 6.61 Å². The molecule has 0 fully saturated rings. The maximum atomic E-state index is 13.8. The largest absolute Gasteiger partial charge is 0.461 e. The molecule has 27 heavy (non-hydrogen) atoms. The molecule has 144 valence electrons. The Bertz CT molecular complexity index is 774. The van der Waals surface area contributed by atoms with Gasteiger partial charge in [-0.2, -0.15) is 13.2 Å². The van der Waals surface area contributed by atoms with E-state index in [1.807, 2.05) is 5.32 Å². The van der Waals surface area contributed by atoms with E-state index in [2.05, 4.69) is 14.7 Å². The highest BCUT2D eigenvalue weighted by atomic mass is 19.4. The fraction of sp³-hybridized carbons (Fsp3) is 0.250. The number of halogens is 3. The van der Waals surface area contributed by atoms with Crippen LogP contribution >= 0.6 is 0 Å². The van der Waals surface area contributed by atoms with Gasteiger partial charge in [-0.15, -0.1) is 0 Å². The summed E-state index contributed by atoms with van der Waals surface area (Å²) in [7, 11) is 0. The molecule has 1 atom stereocenters. The van der Waals surface area contributed by atoms with Crippen molar-refractivity contribution < 1.29 is 32.2 Å². The minimum absolute atomic E-state index is 0.269. The van der Waals surface area contributed by atoms with Gasteiger partial charge in [-0.1, -0.05) is 18.2 Å². The zero-order valence-corrected chi connectivity index (χ0v) is 14.0. The van der Waals surface area contributed by atoms with E-state index in [0.29, 0.717) is 0 Å². The molecule has 1 aromatic carbocycles. The van der Waals surface area contributed by atoms with Crippen LogP contribution in [0.3, 0.4) is 0 Å². The Hall–Kier alpha value is -3.37. The van der Waals surface area contributed by atoms with Gasteiger partial charge >= 0.3 is 23.9 Å².